The Labute approximate surface area is 104 Å². The van der Waals surface area contributed by atoms with Crippen molar-refractivity contribution in [1.29, 1.82) is 0 Å². The first-order valence-corrected chi connectivity index (χ1v) is 5.68. The van der Waals surface area contributed by atoms with Crippen LogP contribution in [-0.2, 0) is 11.3 Å². The zero-order chi connectivity index (χ0) is 13.2. The summed E-state index contributed by atoms with van der Waals surface area (Å²) in [5.74, 6) is 0.239. The molecule has 0 unspecified atom stereocenters. The van der Waals surface area contributed by atoms with Crippen LogP contribution >= 0.6 is 0 Å². The van der Waals surface area contributed by atoms with Crippen molar-refractivity contribution in [3.63, 3.8) is 0 Å². The highest BCUT2D eigenvalue weighted by atomic mass is 16.4. The van der Waals surface area contributed by atoms with Crippen LogP contribution in [-0.4, -0.2) is 28.6 Å². The van der Waals surface area contributed by atoms with E-state index in [1.54, 1.807) is 13.1 Å². The minimum Gasteiger partial charge on any atom is -0.481 e. The van der Waals surface area contributed by atoms with E-state index in [9.17, 15) is 9.59 Å². The summed E-state index contributed by atoms with van der Waals surface area (Å²) in [6.07, 6.45) is 2.79. The molecule has 1 fully saturated rings. The molecule has 18 heavy (non-hydrogen) atoms. The van der Waals surface area contributed by atoms with Crippen LogP contribution in [0.25, 0.3) is 0 Å². The molecule has 1 aromatic rings. The lowest BCUT2D eigenvalue weighted by molar-refractivity contribution is -0.143. The third-order valence-electron chi connectivity index (χ3n) is 2.96. The van der Waals surface area contributed by atoms with Gasteiger partial charge in [0.25, 0.3) is 0 Å². The predicted octanol–water partition coefficient (Wildman–Crippen LogP) is 0.647. The Hall–Kier alpha value is -2.05. The van der Waals surface area contributed by atoms with Gasteiger partial charge >= 0.3 is 12.0 Å². The number of urea groups is 1. The number of rotatable bonds is 5. The van der Waals surface area contributed by atoms with Gasteiger partial charge in [-0.3, -0.25) is 4.79 Å². The fraction of sp³-hybridized carbons (Fsp3) is 0.545. The monoisotopic (exact) mass is 253 g/mol. The molecule has 3 N–H and O–H groups in total. The maximum atomic E-state index is 11.4. The molecular formula is C11H15N3O4. The fourth-order valence-corrected chi connectivity index (χ4v) is 1.57. The number of oxazole rings is 1. The lowest BCUT2D eigenvalue weighted by Crippen LogP contribution is -2.40. The molecule has 2 rings (SSSR count). The molecule has 0 spiro atoms. The molecule has 0 aromatic carbocycles. The third kappa shape index (κ3) is 2.79. The van der Waals surface area contributed by atoms with Gasteiger partial charge in [0.1, 0.15) is 5.76 Å². The van der Waals surface area contributed by atoms with E-state index in [2.05, 4.69) is 15.6 Å². The van der Waals surface area contributed by atoms with Gasteiger partial charge in [-0.1, -0.05) is 0 Å². The number of carboxylic acid groups (broad SMARTS) is 1. The summed E-state index contributed by atoms with van der Waals surface area (Å²) in [5, 5.41) is 14.0. The van der Waals surface area contributed by atoms with Gasteiger partial charge in [0.15, 0.2) is 0 Å². The molecule has 1 aliphatic rings. The Morgan fingerprint density at radius 3 is 2.72 bits per heavy atom. The largest absolute Gasteiger partial charge is 0.481 e. The molecular weight excluding hydrogens is 238 g/mol. The number of hydrogen-bond donors (Lipinski definition) is 3. The van der Waals surface area contributed by atoms with Crippen molar-refractivity contribution in [2.75, 3.05) is 6.54 Å². The molecule has 0 atom stereocenters. The fourth-order valence-electron chi connectivity index (χ4n) is 1.57. The average molecular weight is 253 g/mol. The van der Waals surface area contributed by atoms with Crippen LogP contribution in [0.2, 0.25) is 0 Å². The van der Waals surface area contributed by atoms with Crippen LogP contribution in [0.5, 0.6) is 0 Å². The Kier molecular flexibility index (Phi) is 3.22. The number of aryl methyl sites for hydroxylation is 1. The van der Waals surface area contributed by atoms with Gasteiger partial charge in [-0.05, 0) is 19.8 Å². The van der Waals surface area contributed by atoms with Gasteiger partial charge in [0.05, 0.1) is 18.2 Å². The molecule has 2 amide bonds. The van der Waals surface area contributed by atoms with Crippen molar-refractivity contribution < 1.29 is 19.1 Å². The number of amides is 2. The normalized spacial score (nSPS) is 16.1. The number of nitrogens with one attached hydrogen (secondary N) is 2. The molecule has 0 saturated heterocycles. The third-order valence-corrected chi connectivity index (χ3v) is 2.96. The highest BCUT2D eigenvalue weighted by Gasteiger charge is 2.50. The van der Waals surface area contributed by atoms with Gasteiger partial charge in [0, 0.05) is 6.54 Å². The summed E-state index contributed by atoms with van der Waals surface area (Å²) in [6.45, 7) is 2.10. The number of carbonyl (C=O) groups excluding carboxylic acids is 1. The summed E-state index contributed by atoms with van der Waals surface area (Å²) in [4.78, 5) is 26.3. The Balaban J connectivity index is 1.71. The lowest BCUT2D eigenvalue weighted by atomic mass is 10.1. The van der Waals surface area contributed by atoms with Crippen molar-refractivity contribution in [3.05, 3.63) is 17.8 Å². The maximum absolute atomic E-state index is 11.4. The van der Waals surface area contributed by atoms with E-state index in [1.165, 1.54) is 0 Å². The van der Waals surface area contributed by atoms with E-state index >= 15 is 0 Å². The Bertz CT molecular complexity index is 465. The minimum atomic E-state index is -0.855. The summed E-state index contributed by atoms with van der Waals surface area (Å²) >= 11 is 0. The van der Waals surface area contributed by atoms with Crippen LogP contribution in [0.4, 0.5) is 4.79 Å². The molecule has 1 heterocycles. The van der Waals surface area contributed by atoms with Gasteiger partial charge in [-0.15, -0.1) is 0 Å². The van der Waals surface area contributed by atoms with Crippen molar-refractivity contribution >= 4 is 12.0 Å². The second kappa shape index (κ2) is 4.67. The standard InChI is InChI=1S/C11H15N3O4/c1-7-4-12-8(18-7)5-13-10(17)14-6-11(2-3-11)9(15)16/h4H,2-3,5-6H2,1H3,(H,15,16)(H2,13,14,17). The molecule has 1 saturated carbocycles. The zero-order valence-corrected chi connectivity index (χ0v) is 10.0. The first-order valence-electron chi connectivity index (χ1n) is 5.68. The van der Waals surface area contributed by atoms with Crippen LogP contribution in [0.3, 0.4) is 0 Å². The topological polar surface area (TPSA) is 104 Å². The molecule has 1 aromatic heterocycles. The quantitative estimate of drug-likeness (QED) is 0.714. The summed E-state index contributed by atoms with van der Waals surface area (Å²) < 4.78 is 5.18. The van der Waals surface area contributed by atoms with Gasteiger partial charge < -0.3 is 20.2 Å². The number of aromatic nitrogens is 1. The lowest BCUT2D eigenvalue weighted by Gasteiger charge is -2.11. The molecule has 98 valence electrons. The second-order valence-electron chi connectivity index (χ2n) is 4.49. The van der Waals surface area contributed by atoms with Crippen LogP contribution in [0, 0.1) is 12.3 Å². The van der Waals surface area contributed by atoms with E-state index in [0.717, 1.165) is 0 Å². The van der Waals surface area contributed by atoms with Crippen molar-refractivity contribution in [2.24, 2.45) is 5.41 Å². The highest BCUT2D eigenvalue weighted by molar-refractivity contribution is 5.80. The van der Waals surface area contributed by atoms with Crippen LogP contribution in [0.15, 0.2) is 10.6 Å². The number of hydrogen-bond acceptors (Lipinski definition) is 4. The van der Waals surface area contributed by atoms with E-state index < -0.39 is 17.4 Å². The first kappa shape index (κ1) is 12.4. The van der Waals surface area contributed by atoms with Crippen LogP contribution < -0.4 is 10.6 Å². The molecule has 7 heteroatoms. The molecule has 0 aliphatic heterocycles. The minimum absolute atomic E-state index is 0.152. The number of nitrogens with zero attached hydrogens (tertiary/aromatic N) is 1. The summed E-state index contributed by atoms with van der Waals surface area (Å²) in [7, 11) is 0. The molecule has 0 radical (unpaired) electrons. The number of aliphatic carboxylic acids is 1. The molecule has 1 aliphatic carbocycles. The zero-order valence-electron chi connectivity index (χ0n) is 10.0. The second-order valence-corrected chi connectivity index (χ2v) is 4.49. The molecule has 7 nitrogen and oxygen atoms in total. The van der Waals surface area contributed by atoms with Crippen molar-refractivity contribution in [3.8, 4) is 0 Å². The van der Waals surface area contributed by atoms with Gasteiger partial charge in [-0.2, -0.15) is 0 Å². The summed E-state index contributed by atoms with van der Waals surface area (Å²) in [6, 6.07) is -0.418. The first-order chi connectivity index (χ1) is 8.52. The van der Waals surface area contributed by atoms with E-state index in [0.29, 0.717) is 24.5 Å². The smallest absolute Gasteiger partial charge is 0.315 e. The SMILES string of the molecule is Cc1cnc(CNC(=O)NCC2(C(=O)O)CC2)o1. The van der Waals surface area contributed by atoms with Crippen molar-refractivity contribution in [2.45, 2.75) is 26.3 Å². The maximum Gasteiger partial charge on any atom is 0.315 e. The van der Waals surface area contributed by atoms with Crippen LogP contribution in [0.1, 0.15) is 24.5 Å². The van der Waals surface area contributed by atoms with E-state index in [1.807, 2.05) is 0 Å². The van der Waals surface area contributed by atoms with Gasteiger partial charge in [-0.25, -0.2) is 9.78 Å². The number of carboxylic acids is 1. The van der Waals surface area contributed by atoms with E-state index in [4.69, 9.17) is 9.52 Å². The van der Waals surface area contributed by atoms with Crippen molar-refractivity contribution in [1.82, 2.24) is 15.6 Å². The Morgan fingerprint density at radius 1 is 1.50 bits per heavy atom. The molecule has 0 bridgehead atoms. The Morgan fingerprint density at radius 2 is 2.22 bits per heavy atom. The summed E-state index contributed by atoms with van der Waals surface area (Å²) in [5.41, 5.74) is -0.753. The van der Waals surface area contributed by atoms with Gasteiger partial charge in [0.2, 0.25) is 5.89 Å². The highest BCUT2D eigenvalue weighted by Crippen LogP contribution is 2.45. The average Bonchev–Trinajstić information content (AvgIpc) is 3.02. The number of carbonyl (C=O) groups is 2. The van der Waals surface area contributed by atoms with E-state index in [-0.39, 0.29) is 13.1 Å². The predicted molar refractivity (Wildman–Crippen MR) is 60.8 cm³/mol.